The van der Waals surface area contributed by atoms with Gasteiger partial charge >= 0.3 is 0 Å². The van der Waals surface area contributed by atoms with Gasteiger partial charge in [-0.2, -0.15) is 0 Å². The van der Waals surface area contributed by atoms with Gasteiger partial charge in [0.25, 0.3) is 0 Å². The number of hydrogen-bond donors (Lipinski definition) is 2. The maximum atomic E-state index is 11.8. The lowest BCUT2D eigenvalue weighted by molar-refractivity contribution is 0.336. The molecular formula is C16H27IN4O3S. The van der Waals surface area contributed by atoms with Crippen LogP contribution in [-0.4, -0.2) is 57.7 Å². The first-order valence-electron chi connectivity index (χ1n) is 8.20. The van der Waals surface area contributed by atoms with Crippen molar-refractivity contribution in [3.63, 3.8) is 0 Å². The highest BCUT2D eigenvalue weighted by Crippen LogP contribution is 2.17. The summed E-state index contributed by atoms with van der Waals surface area (Å²) in [5, 5.41) is 6.37. The highest BCUT2D eigenvalue weighted by atomic mass is 127. The van der Waals surface area contributed by atoms with Crippen LogP contribution in [0.25, 0.3) is 0 Å². The van der Waals surface area contributed by atoms with Crippen LogP contribution >= 0.6 is 24.0 Å². The third kappa shape index (κ3) is 6.63. The van der Waals surface area contributed by atoms with Gasteiger partial charge in [0.2, 0.25) is 10.0 Å². The molecule has 1 aromatic rings. The van der Waals surface area contributed by atoms with Gasteiger partial charge in [-0.3, -0.25) is 4.99 Å². The first kappa shape index (κ1) is 22.0. The lowest BCUT2D eigenvalue weighted by Gasteiger charge is -2.17. The van der Waals surface area contributed by atoms with Crippen molar-refractivity contribution in [3.05, 3.63) is 29.8 Å². The van der Waals surface area contributed by atoms with E-state index in [1.54, 1.807) is 7.05 Å². The monoisotopic (exact) mass is 482 g/mol. The lowest BCUT2D eigenvalue weighted by Crippen LogP contribution is -2.41. The number of aliphatic imine (C=N–C) groups is 1. The number of benzene rings is 1. The van der Waals surface area contributed by atoms with E-state index in [4.69, 9.17) is 4.74 Å². The van der Waals surface area contributed by atoms with Gasteiger partial charge in [-0.05, 0) is 19.4 Å². The van der Waals surface area contributed by atoms with Crippen molar-refractivity contribution >= 4 is 40.0 Å². The molecule has 0 radical (unpaired) electrons. The molecule has 2 N–H and O–H groups in total. The van der Waals surface area contributed by atoms with Crippen molar-refractivity contribution in [3.8, 4) is 5.75 Å². The molecule has 0 aromatic heterocycles. The van der Waals surface area contributed by atoms with Crippen molar-refractivity contribution in [2.45, 2.75) is 19.9 Å². The quantitative estimate of drug-likeness (QED) is 0.349. The summed E-state index contributed by atoms with van der Waals surface area (Å²) in [4.78, 5) is 4.16. The highest BCUT2D eigenvalue weighted by molar-refractivity contribution is 14.0. The number of halogens is 1. The van der Waals surface area contributed by atoms with E-state index < -0.39 is 10.0 Å². The molecule has 2 rings (SSSR count). The Bertz CT molecular complexity index is 667. The second-order valence-electron chi connectivity index (χ2n) is 5.46. The summed E-state index contributed by atoms with van der Waals surface area (Å²) >= 11 is 0. The van der Waals surface area contributed by atoms with Gasteiger partial charge in [-0.15, -0.1) is 24.0 Å². The van der Waals surface area contributed by atoms with Crippen LogP contribution < -0.4 is 15.4 Å². The Morgan fingerprint density at radius 2 is 2.08 bits per heavy atom. The molecule has 1 fully saturated rings. The normalized spacial score (nSPS) is 17.0. The third-order valence-electron chi connectivity index (χ3n) is 3.80. The number of sulfonamides is 1. The molecule has 142 valence electrons. The average molecular weight is 482 g/mol. The van der Waals surface area contributed by atoms with E-state index in [-0.39, 0.29) is 29.7 Å². The molecule has 0 bridgehead atoms. The second kappa shape index (κ2) is 10.8. The Kier molecular flexibility index (Phi) is 9.51. The van der Waals surface area contributed by atoms with Crippen molar-refractivity contribution < 1.29 is 13.2 Å². The third-order valence-corrected chi connectivity index (χ3v) is 5.76. The number of hydrogen-bond acceptors (Lipinski definition) is 4. The van der Waals surface area contributed by atoms with E-state index in [1.165, 1.54) is 4.31 Å². The SMILES string of the molecule is CCOc1ccccc1CNC(=NC)NCCN1CCCS1(=O)=O.I. The van der Waals surface area contributed by atoms with Gasteiger partial charge in [-0.25, -0.2) is 12.7 Å². The summed E-state index contributed by atoms with van der Waals surface area (Å²) in [7, 11) is -1.35. The van der Waals surface area contributed by atoms with Gasteiger partial charge in [-0.1, -0.05) is 18.2 Å². The standard InChI is InChI=1S/C16H26N4O3S.HI/c1-3-23-15-8-5-4-7-14(15)13-19-16(17-2)18-9-11-20-10-6-12-24(20,21)22;/h4-5,7-8H,3,6,9-13H2,1-2H3,(H2,17,18,19);1H. The second-order valence-corrected chi connectivity index (χ2v) is 7.55. The Balaban J connectivity index is 0.00000312. The van der Waals surface area contributed by atoms with E-state index >= 15 is 0 Å². The van der Waals surface area contributed by atoms with Gasteiger partial charge in [0.05, 0.1) is 12.4 Å². The minimum atomic E-state index is -3.04. The van der Waals surface area contributed by atoms with E-state index in [9.17, 15) is 8.42 Å². The molecule has 1 aliphatic heterocycles. The zero-order chi connectivity index (χ0) is 17.4. The number of nitrogens with one attached hydrogen (secondary N) is 2. The molecule has 25 heavy (non-hydrogen) atoms. The molecule has 1 heterocycles. The molecule has 1 aliphatic rings. The Hall–Kier alpha value is -1.07. The summed E-state index contributed by atoms with van der Waals surface area (Å²) in [6.07, 6.45) is 0.712. The van der Waals surface area contributed by atoms with Crippen molar-refractivity contribution in [1.29, 1.82) is 0 Å². The van der Waals surface area contributed by atoms with E-state index in [0.29, 0.717) is 45.2 Å². The average Bonchev–Trinajstić information content (AvgIpc) is 2.91. The molecule has 1 aromatic carbocycles. The van der Waals surface area contributed by atoms with E-state index in [2.05, 4.69) is 15.6 Å². The number of nitrogens with zero attached hydrogens (tertiary/aromatic N) is 2. The van der Waals surface area contributed by atoms with Crippen LogP contribution in [0.15, 0.2) is 29.3 Å². The first-order chi connectivity index (χ1) is 11.6. The fourth-order valence-electron chi connectivity index (χ4n) is 2.59. The largest absolute Gasteiger partial charge is 0.494 e. The smallest absolute Gasteiger partial charge is 0.214 e. The molecule has 7 nitrogen and oxygen atoms in total. The van der Waals surface area contributed by atoms with Crippen LogP contribution in [0.5, 0.6) is 5.75 Å². The van der Waals surface area contributed by atoms with Crippen molar-refractivity contribution in [2.75, 3.05) is 39.0 Å². The zero-order valence-electron chi connectivity index (χ0n) is 14.7. The molecular weight excluding hydrogens is 455 g/mol. The van der Waals surface area contributed by atoms with Crippen molar-refractivity contribution in [1.82, 2.24) is 14.9 Å². The van der Waals surface area contributed by atoms with Crippen LogP contribution in [0.1, 0.15) is 18.9 Å². The molecule has 0 unspecified atom stereocenters. The van der Waals surface area contributed by atoms with Crippen LogP contribution in [0.2, 0.25) is 0 Å². The number of ether oxygens (including phenoxy) is 1. The molecule has 1 saturated heterocycles. The van der Waals surface area contributed by atoms with E-state index in [1.807, 2.05) is 31.2 Å². The van der Waals surface area contributed by atoms with Gasteiger partial charge in [0.1, 0.15) is 5.75 Å². The lowest BCUT2D eigenvalue weighted by atomic mass is 10.2. The number of rotatable bonds is 7. The molecule has 0 atom stereocenters. The highest BCUT2D eigenvalue weighted by Gasteiger charge is 2.27. The zero-order valence-corrected chi connectivity index (χ0v) is 17.8. The summed E-state index contributed by atoms with van der Waals surface area (Å²) < 4.78 is 30.6. The minimum absolute atomic E-state index is 0. The fraction of sp³-hybridized carbons (Fsp3) is 0.562. The Labute approximate surface area is 167 Å². The number of para-hydroxylation sites is 1. The van der Waals surface area contributed by atoms with Gasteiger partial charge < -0.3 is 15.4 Å². The fourth-order valence-corrected chi connectivity index (χ4v) is 4.12. The first-order valence-corrected chi connectivity index (χ1v) is 9.80. The predicted octanol–water partition coefficient (Wildman–Crippen LogP) is 1.40. The van der Waals surface area contributed by atoms with Crippen LogP contribution in [0, 0.1) is 0 Å². The van der Waals surface area contributed by atoms with E-state index in [0.717, 1.165) is 11.3 Å². The summed E-state index contributed by atoms with van der Waals surface area (Å²) in [6.45, 7) is 4.74. The Morgan fingerprint density at radius 3 is 2.72 bits per heavy atom. The minimum Gasteiger partial charge on any atom is -0.494 e. The van der Waals surface area contributed by atoms with Crippen LogP contribution in [0.3, 0.4) is 0 Å². The molecule has 0 amide bonds. The van der Waals surface area contributed by atoms with Gasteiger partial charge in [0, 0.05) is 38.8 Å². The van der Waals surface area contributed by atoms with Crippen LogP contribution in [0.4, 0.5) is 0 Å². The maximum absolute atomic E-state index is 11.8. The number of guanidine groups is 1. The molecule has 0 spiro atoms. The summed E-state index contributed by atoms with van der Waals surface area (Å²) in [6, 6.07) is 7.85. The Morgan fingerprint density at radius 1 is 1.32 bits per heavy atom. The topological polar surface area (TPSA) is 83.0 Å². The molecule has 0 aliphatic carbocycles. The predicted molar refractivity (Wildman–Crippen MR) is 111 cm³/mol. The molecule has 9 heteroatoms. The summed E-state index contributed by atoms with van der Waals surface area (Å²) in [5.41, 5.74) is 1.05. The van der Waals surface area contributed by atoms with Crippen LogP contribution in [-0.2, 0) is 16.6 Å². The van der Waals surface area contributed by atoms with Gasteiger partial charge in [0.15, 0.2) is 5.96 Å². The summed E-state index contributed by atoms with van der Waals surface area (Å²) in [5.74, 6) is 1.75. The van der Waals surface area contributed by atoms with Crippen molar-refractivity contribution in [2.24, 2.45) is 4.99 Å². The molecule has 0 saturated carbocycles. The maximum Gasteiger partial charge on any atom is 0.214 e.